The Morgan fingerprint density at radius 3 is 1.67 bits per heavy atom. The van der Waals surface area contributed by atoms with E-state index >= 15 is 0 Å². The van der Waals surface area contributed by atoms with Gasteiger partial charge in [-0.05, 0) is 6.42 Å². The van der Waals surface area contributed by atoms with Crippen molar-refractivity contribution in [2.24, 2.45) is 0 Å². The van der Waals surface area contributed by atoms with Gasteiger partial charge in [0.2, 0.25) is 0 Å². The third-order valence-corrected chi connectivity index (χ3v) is 0.289. The fraction of sp³-hybridized carbons (Fsp3) is 0.667. The van der Waals surface area contributed by atoms with E-state index in [0.717, 1.165) is 6.42 Å². The maximum Gasteiger partial charge on any atom is -0.0382 e. The van der Waals surface area contributed by atoms with Crippen LogP contribution in [0.4, 0.5) is 0 Å². The van der Waals surface area contributed by atoms with Gasteiger partial charge in [-0.3, -0.25) is 0 Å². The van der Waals surface area contributed by atoms with Crippen LogP contribution in [0.1, 0.15) is 28.2 Å². The van der Waals surface area contributed by atoms with E-state index in [4.69, 9.17) is 0 Å². The van der Waals surface area contributed by atoms with Crippen LogP contribution < -0.4 is 0 Å². The summed E-state index contributed by atoms with van der Waals surface area (Å²) in [5.74, 6) is 0. The largest absolute Gasteiger partial charge is 0.103 e. The Hall–Kier alpha value is -0.260. The van der Waals surface area contributed by atoms with Gasteiger partial charge >= 0.3 is 0 Å². The summed E-state index contributed by atoms with van der Waals surface area (Å²) in [6.45, 7) is 5.54. The van der Waals surface area contributed by atoms with Gasteiger partial charge in [0.15, 0.2) is 0 Å². The van der Waals surface area contributed by atoms with Crippen molar-refractivity contribution in [1.29, 1.82) is 0 Å². The highest BCUT2D eigenvalue weighted by Crippen LogP contribution is 1.66. The van der Waals surface area contributed by atoms with Crippen LogP contribution in [-0.2, 0) is 0 Å². The van der Waals surface area contributed by atoms with E-state index in [1.54, 1.807) is 0 Å². The molecule has 40 valence electrons. The molecule has 0 bridgehead atoms. The molecule has 0 aliphatic rings. The summed E-state index contributed by atoms with van der Waals surface area (Å²) >= 11 is 0. The predicted molar refractivity (Wildman–Crippen MR) is 33.9 cm³/mol. The predicted octanol–water partition coefficient (Wildman–Crippen LogP) is 2.85. The van der Waals surface area contributed by atoms with Gasteiger partial charge in [-0.2, -0.15) is 0 Å². The molecule has 0 aromatic rings. The second kappa shape index (κ2) is 21.9. The smallest absolute Gasteiger partial charge is 0.0382 e. The van der Waals surface area contributed by atoms with Crippen LogP contribution in [0.2, 0.25) is 0 Å². The summed E-state index contributed by atoms with van der Waals surface area (Å²) in [4.78, 5) is 0. The van der Waals surface area contributed by atoms with Gasteiger partial charge < -0.3 is 0 Å². The Balaban J connectivity index is -0.0000000450. The summed E-state index contributed by atoms with van der Waals surface area (Å²) < 4.78 is 0. The monoisotopic (exact) mass is 88.1 g/mol. The number of rotatable bonds is 1. The number of allylic oxidation sites excluding steroid dienone is 1. The molecule has 0 saturated carbocycles. The maximum atomic E-state index is 3.48. The minimum atomic E-state index is 0. The van der Waals surface area contributed by atoms with Crippen molar-refractivity contribution >= 4 is 0 Å². The Bertz CT molecular complexity index is 14.0. The summed E-state index contributed by atoms with van der Waals surface area (Å²) in [6, 6.07) is 0. The molecule has 0 nitrogen and oxygen atoms in total. The molecule has 0 saturated heterocycles. The normalized spacial score (nSPS) is 4.17. The van der Waals surface area contributed by atoms with E-state index in [9.17, 15) is 0 Å². The minimum Gasteiger partial charge on any atom is -0.103 e. The van der Waals surface area contributed by atoms with Crippen molar-refractivity contribution < 1.29 is 0 Å². The summed E-state index contributed by atoms with van der Waals surface area (Å²) in [7, 11) is 0. The molecular weight excluding hydrogens is 72.1 g/mol. The zero-order valence-electron chi connectivity index (χ0n) is 2.99. The lowest BCUT2D eigenvalue weighted by Gasteiger charge is -1.57. The molecule has 0 amide bonds. The molecule has 0 fully saturated rings. The van der Waals surface area contributed by atoms with Crippen LogP contribution in [0, 0.1) is 0 Å². The van der Waals surface area contributed by atoms with Crippen LogP contribution in [-0.4, -0.2) is 0 Å². The molecule has 6 heavy (non-hydrogen) atoms. The quantitative estimate of drug-likeness (QED) is 0.432. The lowest BCUT2D eigenvalue weighted by Crippen LogP contribution is -1.36. The Morgan fingerprint density at radius 2 is 1.67 bits per heavy atom. The fourth-order valence-electron chi connectivity index (χ4n) is 0. The lowest BCUT2D eigenvalue weighted by molar-refractivity contribution is 1.23. The zero-order chi connectivity index (χ0) is 3.41. The van der Waals surface area contributed by atoms with Crippen LogP contribution in [0.5, 0.6) is 0 Å². The standard InChI is InChI=1S/C4H8.2CH4/c1-3-4-2;;/h3H,1,4H2,2H3;2*1H4. The van der Waals surface area contributed by atoms with E-state index in [1.807, 2.05) is 6.08 Å². The molecular formula is C6H16. The molecule has 0 N–H and O–H groups in total. The summed E-state index contributed by atoms with van der Waals surface area (Å²) in [6.07, 6.45) is 2.96. The third kappa shape index (κ3) is 51.3. The van der Waals surface area contributed by atoms with Crippen LogP contribution in [0.25, 0.3) is 0 Å². The zero-order valence-corrected chi connectivity index (χ0v) is 2.99. The topological polar surface area (TPSA) is 0 Å². The van der Waals surface area contributed by atoms with Crippen molar-refractivity contribution in [2.75, 3.05) is 0 Å². The molecule has 0 aromatic carbocycles. The van der Waals surface area contributed by atoms with Crippen molar-refractivity contribution in [3.05, 3.63) is 12.7 Å². The average molecular weight is 88.2 g/mol. The van der Waals surface area contributed by atoms with Gasteiger partial charge in [0.1, 0.15) is 0 Å². The van der Waals surface area contributed by atoms with Gasteiger partial charge in [0.25, 0.3) is 0 Å². The highest BCUT2D eigenvalue weighted by molar-refractivity contribution is 4.60. The third-order valence-electron chi connectivity index (χ3n) is 0.289. The summed E-state index contributed by atoms with van der Waals surface area (Å²) in [5, 5.41) is 0. The van der Waals surface area contributed by atoms with Gasteiger partial charge in [0.05, 0.1) is 0 Å². The van der Waals surface area contributed by atoms with Crippen LogP contribution >= 0.6 is 0 Å². The molecule has 0 radical (unpaired) electrons. The molecule has 0 rings (SSSR count). The van der Waals surface area contributed by atoms with Crippen LogP contribution in [0.15, 0.2) is 12.7 Å². The van der Waals surface area contributed by atoms with Gasteiger partial charge in [0, 0.05) is 0 Å². The first-order valence-electron chi connectivity index (χ1n) is 1.52. The van der Waals surface area contributed by atoms with E-state index in [-0.39, 0.29) is 14.9 Å². The van der Waals surface area contributed by atoms with Gasteiger partial charge in [-0.25, -0.2) is 0 Å². The second-order valence-corrected chi connectivity index (χ2v) is 0.697. The van der Waals surface area contributed by atoms with Gasteiger partial charge in [-0.1, -0.05) is 27.9 Å². The highest BCUT2D eigenvalue weighted by atomic mass is 13.5. The Kier molecular flexibility index (Phi) is 62.7. The van der Waals surface area contributed by atoms with Crippen molar-refractivity contribution in [3.8, 4) is 0 Å². The summed E-state index contributed by atoms with van der Waals surface area (Å²) in [5.41, 5.74) is 0. The first-order chi connectivity index (χ1) is 1.91. The fourth-order valence-corrected chi connectivity index (χ4v) is 0. The molecule has 0 unspecified atom stereocenters. The van der Waals surface area contributed by atoms with Crippen LogP contribution in [0.3, 0.4) is 0 Å². The lowest BCUT2D eigenvalue weighted by atomic mass is 10.5. The second-order valence-electron chi connectivity index (χ2n) is 0.697. The molecule has 0 aliphatic heterocycles. The maximum absolute atomic E-state index is 3.48. The average Bonchev–Trinajstić information content (AvgIpc) is 1.37. The SMILES string of the molecule is C.C.C=CCC. The van der Waals surface area contributed by atoms with Crippen molar-refractivity contribution in [3.63, 3.8) is 0 Å². The first kappa shape index (κ1) is 17.2. The molecule has 0 aliphatic carbocycles. The molecule has 0 aromatic heterocycles. The molecule has 0 atom stereocenters. The number of hydrogen-bond donors (Lipinski definition) is 0. The van der Waals surface area contributed by atoms with Crippen molar-refractivity contribution in [1.82, 2.24) is 0 Å². The highest BCUT2D eigenvalue weighted by Gasteiger charge is 1.45. The number of hydrogen-bond acceptors (Lipinski definition) is 0. The van der Waals surface area contributed by atoms with E-state index in [2.05, 4.69) is 13.5 Å². The van der Waals surface area contributed by atoms with E-state index < -0.39 is 0 Å². The van der Waals surface area contributed by atoms with E-state index in [1.165, 1.54) is 0 Å². The van der Waals surface area contributed by atoms with Gasteiger partial charge in [-0.15, -0.1) is 6.58 Å². The molecule has 0 heterocycles. The molecule has 0 spiro atoms. The Labute approximate surface area is 41.9 Å². The van der Waals surface area contributed by atoms with E-state index in [0.29, 0.717) is 0 Å². The minimum absolute atomic E-state index is 0. The van der Waals surface area contributed by atoms with Crippen molar-refractivity contribution in [2.45, 2.75) is 28.2 Å². The first-order valence-corrected chi connectivity index (χ1v) is 1.52. The molecule has 0 heteroatoms. The Morgan fingerprint density at radius 1 is 1.50 bits per heavy atom.